The van der Waals surface area contributed by atoms with E-state index in [1.54, 1.807) is 10.9 Å². The fourth-order valence-corrected chi connectivity index (χ4v) is 4.44. The number of ether oxygens (including phenoxy) is 2. The van der Waals surface area contributed by atoms with Gasteiger partial charge in [0.2, 0.25) is 0 Å². The molecular formula is C24H28N6O3. The lowest BCUT2D eigenvalue weighted by Crippen LogP contribution is -2.30. The summed E-state index contributed by atoms with van der Waals surface area (Å²) in [5, 5.41) is 11.0. The van der Waals surface area contributed by atoms with Crippen LogP contribution in [0.1, 0.15) is 45.8 Å². The summed E-state index contributed by atoms with van der Waals surface area (Å²) in [5.74, 6) is 0.109. The topological polar surface area (TPSA) is 110 Å². The van der Waals surface area contributed by atoms with Gasteiger partial charge >= 0.3 is 5.97 Å². The first-order valence-electron chi connectivity index (χ1n) is 11.2. The van der Waals surface area contributed by atoms with Gasteiger partial charge < -0.3 is 15.2 Å². The van der Waals surface area contributed by atoms with E-state index in [1.807, 2.05) is 42.9 Å². The quantitative estimate of drug-likeness (QED) is 0.459. The second-order valence-electron chi connectivity index (χ2n) is 9.11. The minimum absolute atomic E-state index is 0.0484. The molecule has 172 valence electrons. The zero-order valence-corrected chi connectivity index (χ0v) is 19.1. The Labute approximate surface area is 191 Å². The number of benzene rings is 1. The van der Waals surface area contributed by atoms with Gasteiger partial charge in [-0.2, -0.15) is 10.2 Å². The van der Waals surface area contributed by atoms with Crippen molar-refractivity contribution in [1.29, 1.82) is 0 Å². The minimum Gasteiger partial charge on any atom is -0.469 e. The van der Waals surface area contributed by atoms with Gasteiger partial charge in [-0.3, -0.25) is 9.48 Å². The average molecular weight is 449 g/mol. The summed E-state index contributed by atoms with van der Waals surface area (Å²) >= 11 is 0. The molecule has 1 aliphatic heterocycles. The molecule has 1 saturated heterocycles. The summed E-state index contributed by atoms with van der Waals surface area (Å²) in [6, 6.07) is 8.07. The Hall–Kier alpha value is -3.46. The van der Waals surface area contributed by atoms with Crippen LogP contribution in [0, 0.1) is 0 Å². The van der Waals surface area contributed by atoms with Gasteiger partial charge in [0.1, 0.15) is 11.3 Å². The van der Waals surface area contributed by atoms with Crippen molar-refractivity contribution in [3.8, 4) is 11.3 Å². The van der Waals surface area contributed by atoms with E-state index in [-0.39, 0.29) is 18.6 Å². The number of aromatic nitrogens is 5. The Kier molecular flexibility index (Phi) is 5.28. The maximum absolute atomic E-state index is 11.9. The van der Waals surface area contributed by atoms with E-state index in [0.717, 1.165) is 58.9 Å². The van der Waals surface area contributed by atoms with Crippen molar-refractivity contribution in [3.63, 3.8) is 0 Å². The van der Waals surface area contributed by atoms with Crippen LogP contribution in [0.2, 0.25) is 0 Å². The summed E-state index contributed by atoms with van der Waals surface area (Å²) in [5.41, 5.74) is 9.24. The number of hydrogen-bond donors (Lipinski definition) is 1. The molecule has 3 aromatic heterocycles. The smallest absolute Gasteiger partial charge is 0.307 e. The Morgan fingerprint density at radius 2 is 2.12 bits per heavy atom. The lowest BCUT2D eigenvalue weighted by Gasteiger charge is -2.24. The van der Waals surface area contributed by atoms with Gasteiger partial charge in [-0.05, 0) is 51.3 Å². The number of anilines is 1. The lowest BCUT2D eigenvalue weighted by atomic mass is 10.0. The number of nitrogens with zero attached hydrogens (tertiary/aromatic N) is 5. The standard InChI is InChI=1S/C24H28N6O3/c1-24(2,13-21(31)32-3)29-14-17-22(28-29)16-8-7-15(12-18(16)27-23(17)25)19-9-10-26-30(19)20-6-4-5-11-33-20/h7-10,12,14,20H,4-6,11,13H2,1-3H3,(H2,25,27). The number of pyridine rings is 1. The van der Waals surface area contributed by atoms with Crippen LogP contribution in [0.4, 0.5) is 5.82 Å². The number of esters is 1. The molecule has 0 bridgehead atoms. The maximum Gasteiger partial charge on any atom is 0.307 e. The van der Waals surface area contributed by atoms with E-state index in [2.05, 4.69) is 16.1 Å². The lowest BCUT2D eigenvalue weighted by molar-refractivity contribution is -0.142. The average Bonchev–Trinajstić information content (AvgIpc) is 3.48. The predicted molar refractivity (Wildman–Crippen MR) is 125 cm³/mol. The highest BCUT2D eigenvalue weighted by Crippen LogP contribution is 2.34. The predicted octanol–water partition coefficient (Wildman–Crippen LogP) is 4.03. The first-order chi connectivity index (χ1) is 15.9. The van der Waals surface area contributed by atoms with Crippen LogP contribution in [0.15, 0.2) is 36.7 Å². The number of hydrogen-bond acceptors (Lipinski definition) is 7. The van der Waals surface area contributed by atoms with Crippen molar-refractivity contribution in [2.45, 2.75) is 51.3 Å². The minimum atomic E-state index is -0.572. The zero-order chi connectivity index (χ0) is 23.2. The molecule has 0 saturated carbocycles. The Balaban J connectivity index is 1.57. The molecule has 1 aromatic carbocycles. The summed E-state index contributed by atoms with van der Waals surface area (Å²) in [7, 11) is 1.39. The molecule has 33 heavy (non-hydrogen) atoms. The number of fused-ring (bicyclic) bond motifs is 3. The van der Waals surface area contributed by atoms with Crippen molar-refractivity contribution < 1.29 is 14.3 Å². The molecule has 1 atom stereocenters. The number of nitrogen functional groups attached to an aromatic ring is 1. The maximum atomic E-state index is 11.9. The molecule has 5 rings (SSSR count). The highest BCUT2D eigenvalue weighted by Gasteiger charge is 2.27. The van der Waals surface area contributed by atoms with Crippen LogP contribution in [0.5, 0.6) is 0 Å². The third-order valence-electron chi connectivity index (χ3n) is 6.30. The van der Waals surface area contributed by atoms with Gasteiger partial charge in [-0.25, -0.2) is 9.67 Å². The SMILES string of the molecule is COC(=O)CC(C)(C)n1cc2c(N)nc3cc(-c4ccnn4C4CCCCO4)ccc3c2n1. The molecule has 4 heterocycles. The van der Waals surface area contributed by atoms with E-state index in [0.29, 0.717) is 5.82 Å². The fourth-order valence-electron chi connectivity index (χ4n) is 4.44. The molecule has 0 amide bonds. The summed E-state index contributed by atoms with van der Waals surface area (Å²) < 4.78 is 14.5. The number of methoxy groups -OCH3 is 1. The first-order valence-corrected chi connectivity index (χ1v) is 11.2. The van der Waals surface area contributed by atoms with Crippen LogP contribution in [0.25, 0.3) is 33.1 Å². The van der Waals surface area contributed by atoms with E-state index in [1.165, 1.54) is 7.11 Å². The van der Waals surface area contributed by atoms with Gasteiger partial charge in [-0.1, -0.05) is 6.07 Å². The molecule has 1 aliphatic rings. The van der Waals surface area contributed by atoms with E-state index < -0.39 is 5.54 Å². The fraction of sp³-hybridized carbons (Fsp3) is 0.417. The number of carbonyl (C=O) groups is 1. The van der Waals surface area contributed by atoms with Crippen molar-refractivity contribution in [2.24, 2.45) is 0 Å². The molecule has 1 unspecified atom stereocenters. The summed E-state index contributed by atoms with van der Waals surface area (Å²) in [6.45, 7) is 4.63. The van der Waals surface area contributed by atoms with Crippen LogP contribution in [-0.2, 0) is 19.8 Å². The zero-order valence-electron chi connectivity index (χ0n) is 19.1. The normalized spacial score (nSPS) is 17.0. The molecule has 0 aliphatic carbocycles. The monoisotopic (exact) mass is 448 g/mol. The van der Waals surface area contributed by atoms with Crippen LogP contribution >= 0.6 is 0 Å². The van der Waals surface area contributed by atoms with Gasteiger partial charge in [-0.15, -0.1) is 0 Å². The first kappa shape index (κ1) is 21.4. The third-order valence-corrected chi connectivity index (χ3v) is 6.30. The van der Waals surface area contributed by atoms with Crippen molar-refractivity contribution >= 4 is 33.6 Å². The second kappa shape index (κ2) is 8.15. The molecule has 0 radical (unpaired) electrons. The molecule has 0 spiro atoms. The van der Waals surface area contributed by atoms with E-state index >= 15 is 0 Å². The van der Waals surface area contributed by atoms with Crippen molar-refractivity contribution in [2.75, 3.05) is 19.5 Å². The van der Waals surface area contributed by atoms with E-state index in [4.69, 9.17) is 20.3 Å². The second-order valence-corrected chi connectivity index (χ2v) is 9.11. The number of carbonyl (C=O) groups excluding carboxylic acids is 1. The number of rotatable bonds is 5. The van der Waals surface area contributed by atoms with Crippen molar-refractivity contribution in [3.05, 3.63) is 36.7 Å². The summed E-state index contributed by atoms with van der Waals surface area (Å²) in [6.07, 6.45) is 6.97. The molecule has 2 N–H and O–H groups in total. The van der Waals surface area contributed by atoms with Crippen LogP contribution in [-0.4, -0.2) is 44.2 Å². The Morgan fingerprint density at radius 1 is 1.27 bits per heavy atom. The van der Waals surface area contributed by atoms with Crippen LogP contribution < -0.4 is 5.73 Å². The van der Waals surface area contributed by atoms with Gasteiger partial charge in [0.25, 0.3) is 0 Å². The Bertz CT molecular complexity index is 1330. The highest BCUT2D eigenvalue weighted by atomic mass is 16.5. The molecule has 9 nitrogen and oxygen atoms in total. The van der Waals surface area contributed by atoms with E-state index in [9.17, 15) is 4.79 Å². The van der Waals surface area contributed by atoms with Gasteiger partial charge in [0.05, 0.1) is 35.7 Å². The van der Waals surface area contributed by atoms with Crippen LogP contribution in [0.3, 0.4) is 0 Å². The summed E-state index contributed by atoms with van der Waals surface area (Å²) in [4.78, 5) is 16.5. The Morgan fingerprint density at radius 3 is 2.88 bits per heavy atom. The molecule has 1 fully saturated rings. The molecule has 9 heteroatoms. The van der Waals surface area contributed by atoms with Crippen molar-refractivity contribution in [1.82, 2.24) is 24.5 Å². The number of nitrogens with two attached hydrogens (primary N) is 1. The molecular weight excluding hydrogens is 420 g/mol. The van der Waals surface area contributed by atoms with Gasteiger partial charge in [0.15, 0.2) is 6.23 Å². The highest BCUT2D eigenvalue weighted by molar-refractivity contribution is 6.08. The van der Waals surface area contributed by atoms with Gasteiger partial charge in [0, 0.05) is 30.0 Å². The largest absolute Gasteiger partial charge is 0.469 e. The third kappa shape index (κ3) is 3.82. The molecule has 4 aromatic rings.